The summed E-state index contributed by atoms with van der Waals surface area (Å²) in [6.07, 6.45) is -4.49. The van der Waals surface area contributed by atoms with Gasteiger partial charge in [0.05, 0.1) is 16.7 Å². The molecule has 10 heteroatoms. The van der Waals surface area contributed by atoms with Crippen molar-refractivity contribution in [2.45, 2.75) is 26.1 Å². The molecule has 1 atom stereocenters. The van der Waals surface area contributed by atoms with Crippen molar-refractivity contribution in [2.24, 2.45) is 5.92 Å². The summed E-state index contributed by atoms with van der Waals surface area (Å²) in [6, 6.07) is 9.45. The molecule has 0 radical (unpaired) electrons. The van der Waals surface area contributed by atoms with E-state index in [1.54, 1.807) is 38.1 Å². The predicted octanol–water partition coefficient (Wildman–Crippen LogP) is 3.31. The Kier molecular flexibility index (Phi) is 6.40. The summed E-state index contributed by atoms with van der Waals surface area (Å²) >= 11 is 0. The monoisotopic (exact) mass is 487 g/mol. The third kappa shape index (κ3) is 4.52. The molecular weight excluding hydrogens is 463 g/mol. The molecule has 1 saturated heterocycles. The fraction of sp³-hybridized carbons (Fsp3) is 0.360. The maximum absolute atomic E-state index is 13.4. The van der Waals surface area contributed by atoms with Crippen molar-refractivity contribution in [2.75, 3.05) is 26.2 Å². The Hall–Kier alpha value is -3.69. The number of alkyl halides is 3. The number of nitrogens with zero attached hydrogens (tertiary/aromatic N) is 3. The van der Waals surface area contributed by atoms with E-state index in [4.69, 9.17) is 0 Å². The Morgan fingerprint density at radius 2 is 1.29 bits per heavy atom. The lowest BCUT2D eigenvalue weighted by Crippen LogP contribution is -2.58. The van der Waals surface area contributed by atoms with Crippen molar-refractivity contribution >= 4 is 23.6 Å². The first-order valence-corrected chi connectivity index (χ1v) is 11.2. The smallest absolute Gasteiger partial charge is 0.337 e. The van der Waals surface area contributed by atoms with Gasteiger partial charge in [0.15, 0.2) is 0 Å². The van der Waals surface area contributed by atoms with Crippen LogP contribution in [0, 0.1) is 5.92 Å². The van der Waals surface area contributed by atoms with Crippen molar-refractivity contribution in [3.8, 4) is 0 Å². The zero-order valence-electron chi connectivity index (χ0n) is 19.2. The van der Waals surface area contributed by atoms with Crippen molar-refractivity contribution < 1.29 is 32.3 Å². The first kappa shape index (κ1) is 24.4. The number of carbonyl (C=O) groups is 4. The minimum Gasteiger partial charge on any atom is -0.337 e. The highest BCUT2D eigenvalue weighted by Gasteiger charge is 2.45. The second kappa shape index (κ2) is 9.16. The van der Waals surface area contributed by atoms with Crippen LogP contribution >= 0.6 is 0 Å². The zero-order chi connectivity index (χ0) is 25.5. The van der Waals surface area contributed by atoms with Crippen LogP contribution in [-0.2, 0) is 11.0 Å². The molecule has 2 aliphatic rings. The van der Waals surface area contributed by atoms with Gasteiger partial charge in [-0.3, -0.25) is 24.1 Å². The number of carbonyl (C=O) groups excluding carboxylic acids is 4. The summed E-state index contributed by atoms with van der Waals surface area (Å²) in [5.74, 6) is -2.15. The molecule has 4 rings (SSSR count). The maximum Gasteiger partial charge on any atom is 0.416 e. The van der Waals surface area contributed by atoms with E-state index in [0.29, 0.717) is 0 Å². The summed E-state index contributed by atoms with van der Waals surface area (Å²) in [5.41, 5.74) is -0.174. The van der Waals surface area contributed by atoms with Crippen LogP contribution < -0.4 is 0 Å². The molecule has 0 N–H and O–H groups in total. The minimum atomic E-state index is -4.49. The van der Waals surface area contributed by atoms with Gasteiger partial charge in [0.25, 0.3) is 17.7 Å². The molecule has 0 aromatic heterocycles. The summed E-state index contributed by atoms with van der Waals surface area (Å²) in [6.45, 7) is 4.24. The van der Waals surface area contributed by atoms with E-state index in [9.17, 15) is 32.3 Å². The second-order valence-electron chi connectivity index (χ2n) is 8.91. The molecule has 0 saturated carbocycles. The lowest BCUT2D eigenvalue weighted by Gasteiger charge is -2.38. The fourth-order valence-electron chi connectivity index (χ4n) is 4.46. The van der Waals surface area contributed by atoms with Crippen LogP contribution in [0.1, 0.15) is 50.5 Å². The van der Waals surface area contributed by atoms with Crippen molar-refractivity contribution in [3.63, 3.8) is 0 Å². The Morgan fingerprint density at radius 3 is 1.74 bits per heavy atom. The van der Waals surface area contributed by atoms with Crippen molar-refractivity contribution in [1.29, 1.82) is 0 Å². The molecule has 7 nitrogen and oxygen atoms in total. The number of benzene rings is 2. The molecule has 1 fully saturated rings. The van der Waals surface area contributed by atoms with Gasteiger partial charge in [0.1, 0.15) is 6.04 Å². The summed E-state index contributed by atoms with van der Waals surface area (Å²) < 4.78 is 38.3. The lowest BCUT2D eigenvalue weighted by molar-refractivity contribution is -0.138. The standard InChI is InChI=1S/C25H24F3N3O4/c1-15(2)20(31-22(33)18-5-3-4-6-19(18)23(31)34)24(35)30-13-11-29(12-14-30)21(32)16-7-9-17(10-8-16)25(26,27)28/h3-10,15,20H,11-14H2,1-2H3. The number of rotatable bonds is 4. The highest BCUT2D eigenvalue weighted by molar-refractivity contribution is 6.22. The molecule has 4 amide bonds. The molecule has 2 heterocycles. The molecule has 2 aliphatic heterocycles. The number of amides is 4. The van der Waals surface area contributed by atoms with E-state index >= 15 is 0 Å². The van der Waals surface area contributed by atoms with Crippen molar-refractivity contribution in [3.05, 3.63) is 70.8 Å². The molecule has 2 aromatic carbocycles. The SMILES string of the molecule is CC(C)C(C(=O)N1CCN(C(=O)c2ccc(C(F)(F)F)cc2)CC1)N1C(=O)c2ccccc2C1=O. The normalized spacial score (nSPS) is 17.1. The second-order valence-corrected chi connectivity index (χ2v) is 8.91. The fourth-order valence-corrected chi connectivity index (χ4v) is 4.46. The Labute approximate surface area is 200 Å². The number of piperazine rings is 1. The van der Waals surface area contributed by atoms with E-state index in [2.05, 4.69) is 0 Å². The van der Waals surface area contributed by atoms with Crippen LogP contribution in [0.4, 0.5) is 13.2 Å². The molecule has 35 heavy (non-hydrogen) atoms. The third-order valence-electron chi connectivity index (χ3n) is 6.33. The molecule has 0 aliphatic carbocycles. The van der Waals surface area contributed by atoms with Gasteiger partial charge in [-0.05, 0) is 42.3 Å². The highest BCUT2D eigenvalue weighted by Crippen LogP contribution is 2.30. The van der Waals surface area contributed by atoms with Crippen LogP contribution in [0.2, 0.25) is 0 Å². The first-order chi connectivity index (χ1) is 16.5. The van der Waals surface area contributed by atoms with Crippen LogP contribution in [0.5, 0.6) is 0 Å². The van der Waals surface area contributed by atoms with Crippen LogP contribution in [0.3, 0.4) is 0 Å². The van der Waals surface area contributed by atoms with E-state index in [1.807, 2.05) is 0 Å². The van der Waals surface area contributed by atoms with Crippen LogP contribution in [-0.4, -0.2) is 70.5 Å². The number of imide groups is 1. The number of fused-ring (bicyclic) bond motifs is 1. The summed E-state index contributed by atoms with van der Waals surface area (Å²) in [5, 5.41) is 0. The van der Waals surface area contributed by atoms with E-state index in [-0.39, 0.29) is 54.7 Å². The highest BCUT2D eigenvalue weighted by atomic mass is 19.4. The van der Waals surface area contributed by atoms with Gasteiger partial charge < -0.3 is 9.80 Å². The van der Waals surface area contributed by atoms with Gasteiger partial charge in [-0.1, -0.05) is 26.0 Å². The quantitative estimate of drug-likeness (QED) is 0.620. The van der Waals surface area contributed by atoms with Crippen LogP contribution in [0.15, 0.2) is 48.5 Å². The lowest BCUT2D eigenvalue weighted by atomic mass is 10.00. The Balaban J connectivity index is 1.44. The topological polar surface area (TPSA) is 78.0 Å². The molecule has 2 aromatic rings. The van der Waals surface area contributed by atoms with Crippen LogP contribution in [0.25, 0.3) is 0 Å². The molecule has 1 unspecified atom stereocenters. The van der Waals surface area contributed by atoms with Crippen molar-refractivity contribution in [1.82, 2.24) is 14.7 Å². The number of hydrogen-bond donors (Lipinski definition) is 0. The molecule has 0 bridgehead atoms. The molecule has 184 valence electrons. The maximum atomic E-state index is 13.4. The first-order valence-electron chi connectivity index (χ1n) is 11.2. The summed E-state index contributed by atoms with van der Waals surface area (Å²) in [7, 11) is 0. The number of halogens is 3. The van der Waals surface area contributed by atoms with E-state index in [1.165, 1.54) is 9.80 Å². The van der Waals surface area contributed by atoms with Gasteiger partial charge in [0, 0.05) is 31.7 Å². The minimum absolute atomic E-state index is 0.129. The Bertz CT molecular complexity index is 1130. The average Bonchev–Trinajstić information content (AvgIpc) is 3.08. The summed E-state index contributed by atoms with van der Waals surface area (Å²) in [4.78, 5) is 56.0. The largest absolute Gasteiger partial charge is 0.416 e. The van der Waals surface area contributed by atoms with E-state index < -0.39 is 35.5 Å². The zero-order valence-corrected chi connectivity index (χ0v) is 19.2. The van der Waals surface area contributed by atoms with Gasteiger partial charge in [0.2, 0.25) is 5.91 Å². The average molecular weight is 487 g/mol. The van der Waals surface area contributed by atoms with Gasteiger partial charge in [-0.25, -0.2) is 0 Å². The van der Waals surface area contributed by atoms with Gasteiger partial charge in [-0.15, -0.1) is 0 Å². The van der Waals surface area contributed by atoms with Gasteiger partial charge >= 0.3 is 6.18 Å². The van der Waals surface area contributed by atoms with E-state index in [0.717, 1.165) is 29.2 Å². The molecule has 0 spiro atoms. The predicted molar refractivity (Wildman–Crippen MR) is 119 cm³/mol. The third-order valence-corrected chi connectivity index (χ3v) is 6.33. The Morgan fingerprint density at radius 1 is 0.800 bits per heavy atom. The molecular formula is C25H24F3N3O4. The van der Waals surface area contributed by atoms with Gasteiger partial charge in [-0.2, -0.15) is 13.2 Å². The number of hydrogen-bond acceptors (Lipinski definition) is 4.